The van der Waals surface area contributed by atoms with Crippen molar-refractivity contribution in [1.82, 2.24) is 19.8 Å². The van der Waals surface area contributed by atoms with Gasteiger partial charge in [0.05, 0.1) is 6.26 Å². The summed E-state index contributed by atoms with van der Waals surface area (Å²) in [6.45, 7) is 8.45. The summed E-state index contributed by atoms with van der Waals surface area (Å²) in [5.41, 5.74) is 0. The first-order chi connectivity index (χ1) is 9.76. The Morgan fingerprint density at radius 2 is 2.20 bits per heavy atom. The number of furan rings is 1. The highest BCUT2D eigenvalue weighted by Gasteiger charge is 2.20. The van der Waals surface area contributed by atoms with Crippen LogP contribution in [0, 0.1) is 0 Å². The number of imidazole rings is 1. The lowest BCUT2D eigenvalue weighted by Gasteiger charge is -2.21. The van der Waals surface area contributed by atoms with Gasteiger partial charge in [0, 0.05) is 32.5 Å². The van der Waals surface area contributed by atoms with Crippen molar-refractivity contribution in [3.63, 3.8) is 0 Å². The molecule has 0 spiro atoms. The molecule has 2 heterocycles. The Hall–Kier alpha value is -1.59. The zero-order valence-corrected chi connectivity index (χ0v) is 12.5. The Balaban J connectivity index is 2.03. The minimum Gasteiger partial charge on any atom is -0.467 e. The van der Waals surface area contributed by atoms with Gasteiger partial charge in [-0.1, -0.05) is 13.8 Å². The van der Waals surface area contributed by atoms with Gasteiger partial charge in [0.25, 0.3) is 0 Å². The van der Waals surface area contributed by atoms with E-state index in [0.29, 0.717) is 0 Å². The highest BCUT2D eigenvalue weighted by Crippen LogP contribution is 2.20. The van der Waals surface area contributed by atoms with Gasteiger partial charge in [-0.25, -0.2) is 4.98 Å². The number of rotatable bonds is 8. The van der Waals surface area contributed by atoms with Crippen LogP contribution < -0.4 is 5.32 Å². The molecule has 1 atom stereocenters. The normalized spacial score (nSPS) is 13.0. The third kappa shape index (κ3) is 3.49. The molecule has 0 amide bonds. The summed E-state index contributed by atoms with van der Waals surface area (Å²) >= 11 is 0. The first kappa shape index (κ1) is 14.8. The fourth-order valence-corrected chi connectivity index (χ4v) is 2.34. The summed E-state index contributed by atoms with van der Waals surface area (Å²) in [4.78, 5) is 6.83. The minimum absolute atomic E-state index is 0.000521. The monoisotopic (exact) mass is 276 g/mol. The summed E-state index contributed by atoms with van der Waals surface area (Å²) in [5, 5.41) is 3.55. The van der Waals surface area contributed by atoms with Crippen molar-refractivity contribution in [2.75, 3.05) is 26.2 Å². The fraction of sp³-hybridized carbons (Fsp3) is 0.533. The zero-order chi connectivity index (χ0) is 14.4. The van der Waals surface area contributed by atoms with Crippen molar-refractivity contribution >= 4 is 0 Å². The SMILES string of the molecule is CCN(CC)CCNC(c1ccco1)c1nccn1C. The molecule has 0 aliphatic rings. The van der Waals surface area contributed by atoms with E-state index < -0.39 is 0 Å². The second kappa shape index (κ2) is 7.26. The fourth-order valence-electron chi connectivity index (χ4n) is 2.34. The highest BCUT2D eigenvalue weighted by molar-refractivity contribution is 5.15. The number of aromatic nitrogens is 2. The van der Waals surface area contributed by atoms with Gasteiger partial charge in [0.15, 0.2) is 0 Å². The lowest BCUT2D eigenvalue weighted by atomic mass is 10.2. The maximum absolute atomic E-state index is 5.56. The summed E-state index contributed by atoms with van der Waals surface area (Å²) in [7, 11) is 2.00. The number of hydrogen-bond donors (Lipinski definition) is 1. The van der Waals surface area contributed by atoms with Gasteiger partial charge in [0.1, 0.15) is 17.6 Å². The third-order valence-corrected chi connectivity index (χ3v) is 3.62. The van der Waals surface area contributed by atoms with Crippen molar-refractivity contribution in [3.05, 3.63) is 42.4 Å². The lowest BCUT2D eigenvalue weighted by Crippen LogP contribution is -2.34. The quantitative estimate of drug-likeness (QED) is 0.801. The van der Waals surface area contributed by atoms with Crippen molar-refractivity contribution in [2.45, 2.75) is 19.9 Å². The van der Waals surface area contributed by atoms with E-state index in [9.17, 15) is 0 Å². The highest BCUT2D eigenvalue weighted by atomic mass is 16.3. The van der Waals surface area contributed by atoms with Crippen LogP contribution in [0.15, 0.2) is 35.2 Å². The topological polar surface area (TPSA) is 46.2 Å². The Bertz CT molecular complexity index is 488. The van der Waals surface area contributed by atoms with E-state index in [1.165, 1.54) is 0 Å². The Morgan fingerprint density at radius 1 is 1.40 bits per heavy atom. The van der Waals surface area contributed by atoms with Crippen LogP contribution >= 0.6 is 0 Å². The standard InChI is InChI=1S/C15H24N4O/c1-4-19(5-2)11-9-16-14(13-7-6-12-20-13)15-17-8-10-18(15)3/h6-8,10,12,14,16H,4-5,9,11H2,1-3H3. The van der Waals surface area contributed by atoms with Crippen LogP contribution in [0.3, 0.4) is 0 Å². The van der Waals surface area contributed by atoms with Crippen molar-refractivity contribution < 1.29 is 4.42 Å². The molecule has 2 aromatic heterocycles. The minimum atomic E-state index is 0.000521. The molecule has 2 rings (SSSR count). The molecular weight excluding hydrogens is 252 g/mol. The van der Waals surface area contributed by atoms with Gasteiger partial charge in [-0.15, -0.1) is 0 Å². The van der Waals surface area contributed by atoms with Gasteiger partial charge in [-0.3, -0.25) is 5.32 Å². The summed E-state index contributed by atoms with van der Waals surface area (Å²) in [6.07, 6.45) is 5.48. The van der Waals surface area contributed by atoms with Crippen LogP contribution in [-0.4, -0.2) is 40.6 Å². The number of aryl methyl sites for hydroxylation is 1. The van der Waals surface area contributed by atoms with Crippen molar-refractivity contribution in [3.8, 4) is 0 Å². The Kier molecular flexibility index (Phi) is 5.38. The molecule has 0 bridgehead atoms. The van der Waals surface area contributed by atoms with Crippen LogP contribution in [0.25, 0.3) is 0 Å². The van der Waals surface area contributed by atoms with Gasteiger partial charge in [-0.2, -0.15) is 0 Å². The molecule has 0 saturated heterocycles. The molecule has 0 radical (unpaired) electrons. The average Bonchev–Trinajstić information content (AvgIpc) is 3.11. The van der Waals surface area contributed by atoms with Crippen LogP contribution in [0.5, 0.6) is 0 Å². The smallest absolute Gasteiger partial charge is 0.133 e. The lowest BCUT2D eigenvalue weighted by molar-refractivity contribution is 0.294. The average molecular weight is 276 g/mol. The van der Waals surface area contributed by atoms with Crippen molar-refractivity contribution in [1.29, 1.82) is 0 Å². The summed E-state index contributed by atoms with van der Waals surface area (Å²) in [5.74, 6) is 1.87. The zero-order valence-electron chi connectivity index (χ0n) is 12.5. The van der Waals surface area contributed by atoms with Crippen LogP contribution in [0.4, 0.5) is 0 Å². The van der Waals surface area contributed by atoms with Crippen LogP contribution in [0.2, 0.25) is 0 Å². The molecule has 0 aromatic carbocycles. The van der Waals surface area contributed by atoms with E-state index in [4.69, 9.17) is 4.42 Å². The predicted octanol–water partition coefficient (Wildman–Crippen LogP) is 2.03. The van der Waals surface area contributed by atoms with Crippen LogP contribution in [-0.2, 0) is 7.05 Å². The van der Waals surface area contributed by atoms with Crippen molar-refractivity contribution in [2.24, 2.45) is 7.05 Å². The van der Waals surface area contributed by atoms with Gasteiger partial charge in [0.2, 0.25) is 0 Å². The number of nitrogens with one attached hydrogen (secondary N) is 1. The Morgan fingerprint density at radius 3 is 2.75 bits per heavy atom. The molecule has 0 aliphatic heterocycles. The molecule has 0 saturated carbocycles. The molecule has 5 nitrogen and oxygen atoms in total. The predicted molar refractivity (Wildman–Crippen MR) is 79.5 cm³/mol. The molecule has 0 aliphatic carbocycles. The first-order valence-electron chi connectivity index (χ1n) is 7.22. The van der Waals surface area contributed by atoms with E-state index >= 15 is 0 Å². The molecule has 5 heteroatoms. The molecular formula is C15H24N4O. The first-order valence-corrected chi connectivity index (χ1v) is 7.22. The van der Waals surface area contributed by atoms with Crippen LogP contribution in [0.1, 0.15) is 31.5 Å². The molecule has 1 unspecified atom stereocenters. The molecule has 20 heavy (non-hydrogen) atoms. The van der Waals surface area contributed by atoms with Gasteiger partial charge >= 0.3 is 0 Å². The molecule has 110 valence electrons. The molecule has 0 fully saturated rings. The second-order valence-electron chi connectivity index (χ2n) is 4.83. The number of likely N-dealkylation sites (N-methyl/N-ethyl adjacent to an activating group) is 1. The van der Waals surface area contributed by atoms with E-state index in [2.05, 4.69) is 29.0 Å². The molecule has 1 N–H and O–H groups in total. The van der Waals surface area contributed by atoms with E-state index in [1.54, 1.807) is 6.26 Å². The Labute approximate surface area is 120 Å². The maximum Gasteiger partial charge on any atom is 0.133 e. The summed E-state index contributed by atoms with van der Waals surface area (Å²) < 4.78 is 7.58. The number of hydrogen-bond acceptors (Lipinski definition) is 4. The van der Waals surface area contributed by atoms with E-state index in [-0.39, 0.29) is 6.04 Å². The van der Waals surface area contributed by atoms with Gasteiger partial charge in [-0.05, 0) is 25.2 Å². The van der Waals surface area contributed by atoms with Gasteiger partial charge < -0.3 is 13.9 Å². The second-order valence-corrected chi connectivity index (χ2v) is 4.83. The van der Waals surface area contributed by atoms with E-state index in [0.717, 1.165) is 37.8 Å². The maximum atomic E-state index is 5.56. The number of nitrogens with zero attached hydrogens (tertiary/aromatic N) is 3. The molecule has 2 aromatic rings. The summed E-state index contributed by atoms with van der Waals surface area (Å²) in [6, 6.07) is 3.90. The largest absolute Gasteiger partial charge is 0.467 e. The third-order valence-electron chi connectivity index (χ3n) is 3.62. The van der Waals surface area contributed by atoms with E-state index in [1.807, 2.05) is 36.1 Å².